The van der Waals surface area contributed by atoms with Crippen LogP contribution in [0, 0.1) is 10.7 Å². The lowest BCUT2D eigenvalue weighted by atomic mass is 10.1. The number of phenolic OH excluding ortho intramolecular Hbond substituents is 1. The molecule has 6 nitrogen and oxygen atoms in total. The van der Waals surface area contributed by atoms with Gasteiger partial charge in [0.2, 0.25) is 0 Å². The Morgan fingerprint density at radius 1 is 1.17 bits per heavy atom. The fourth-order valence-corrected chi connectivity index (χ4v) is 4.55. The summed E-state index contributed by atoms with van der Waals surface area (Å²) in [5.41, 5.74) is 3.14. The molecule has 5 N–H and O–H groups in total. The largest absolute Gasteiger partial charge is 0.507 e. The molecule has 24 heavy (non-hydrogen) atoms. The molecule has 0 saturated heterocycles. The van der Waals surface area contributed by atoms with Crippen LogP contribution in [0.3, 0.4) is 0 Å². The second kappa shape index (κ2) is 8.82. The standard InChI is InChI=1S/C15H13I3N2O4/c16-9-6-8(1-2-13(9)21)24-14-10(17)3-7(4-11(14)18)5-12(20-19)15(22)23/h1-4,6,12,20-21H,5,19H2,(H,22,23)/t12-/m0/s1. The minimum Gasteiger partial charge on any atom is -0.507 e. The van der Waals surface area contributed by atoms with Crippen molar-refractivity contribution < 1.29 is 19.7 Å². The summed E-state index contributed by atoms with van der Waals surface area (Å²) >= 11 is 6.33. The van der Waals surface area contributed by atoms with Crippen molar-refractivity contribution in [2.24, 2.45) is 5.84 Å². The molecule has 0 unspecified atom stereocenters. The van der Waals surface area contributed by atoms with Gasteiger partial charge in [0.1, 0.15) is 17.5 Å². The number of ether oxygens (including phenoxy) is 1. The molecule has 0 aliphatic carbocycles. The minimum atomic E-state index is -0.999. The quantitative estimate of drug-likeness (QED) is 0.214. The van der Waals surface area contributed by atoms with Gasteiger partial charge in [0.25, 0.3) is 0 Å². The number of nitrogens with two attached hydrogens (primary N) is 1. The number of carboxylic acid groups (broad SMARTS) is 1. The van der Waals surface area contributed by atoms with Crippen LogP contribution in [0.2, 0.25) is 0 Å². The van der Waals surface area contributed by atoms with Gasteiger partial charge in [0.15, 0.2) is 5.75 Å². The zero-order valence-corrected chi connectivity index (χ0v) is 18.6. The van der Waals surface area contributed by atoms with E-state index in [4.69, 9.17) is 15.7 Å². The molecule has 2 aromatic carbocycles. The predicted octanol–water partition coefficient (Wildman–Crippen LogP) is 3.46. The molecule has 0 radical (unpaired) electrons. The summed E-state index contributed by atoms with van der Waals surface area (Å²) in [7, 11) is 0. The number of carboxylic acids is 1. The average Bonchev–Trinajstić information content (AvgIpc) is 2.51. The van der Waals surface area contributed by atoms with E-state index in [1.54, 1.807) is 18.2 Å². The topological polar surface area (TPSA) is 105 Å². The molecule has 1 atom stereocenters. The first-order valence-electron chi connectivity index (χ1n) is 6.65. The van der Waals surface area contributed by atoms with E-state index in [9.17, 15) is 9.90 Å². The molecule has 0 fully saturated rings. The Labute approximate surface area is 179 Å². The van der Waals surface area contributed by atoms with Crippen LogP contribution in [0.15, 0.2) is 30.3 Å². The van der Waals surface area contributed by atoms with E-state index in [0.29, 0.717) is 15.1 Å². The molecule has 0 bridgehead atoms. The Hall–Kier alpha value is -0.380. The number of hydrogen-bond acceptors (Lipinski definition) is 5. The third kappa shape index (κ3) is 5.06. The lowest BCUT2D eigenvalue weighted by molar-refractivity contribution is -0.139. The first kappa shape index (κ1) is 19.9. The number of rotatable bonds is 6. The van der Waals surface area contributed by atoms with Crippen LogP contribution < -0.4 is 16.0 Å². The SMILES string of the molecule is NN[C@@H](Cc1cc(I)c(Oc2ccc(O)c(I)c2)c(I)c1)C(=O)O. The number of benzene rings is 2. The Balaban J connectivity index is 2.26. The summed E-state index contributed by atoms with van der Waals surface area (Å²) in [6.45, 7) is 0. The van der Waals surface area contributed by atoms with Crippen molar-refractivity contribution in [3.8, 4) is 17.2 Å². The summed E-state index contributed by atoms with van der Waals surface area (Å²) in [5, 5.41) is 18.7. The molecule has 9 heteroatoms. The highest BCUT2D eigenvalue weighted by Crippen LogP contribution is 2.34. The number of aliphatic carboxylic acids is 1. The number of phenols is 1. The predicted molar refractivity (Wildman–Crippen MR) is 115 cm³/mol. The molecule has 0 heterocycles. The van der Waals surface area contributed by atoms with E-state index in [-0.39, 0.29) is 12.2 Å². The van der Waals surface area contributed by atoms with Gasteiger partial charge >= 0.3 is 5.97 Å². The molecule has 0 spiro atoms. The van der Waals surface area contributed by atoms with E-state index < -0.39 is 12.0 Å². The van der Waals surface area contributed by atoms with E-state index in [1.807, 2.05) is 34.7 Å². The Bertz CT molecular complexity index is 747. The lowest BCUT2D eigenvalue weighted by Crippen LogP contribution is -2.42. The third-order valence-electron chi connectivity index (χ3n) is 3.14. The highest BCUT2D eigenvalue weighted by Gasteiger charge is 2.18. The molecule has 0 aliphatic rings. The van der Waals surface area contributed by atoms with Gasteiger partial charge in [-0.2, -0.15) is 0 Å². The fraction of sp³-hybridized carbons (Fsp3) is 0.133. The highest BCUT2D eigenvalue weighted by molar-refractivity contribution is 14.1. The van der Waals surface area contributed by atoms with Crippen molar-refractivity contribution in [1.29, 1.82) is 0 Å². The monoisotopic (exact) mass is 666 g/mol. The maximum Gasteiger partial charge on any atom is 0.322 e. The van der Waals surface area contributed by atoms with Crippen LogP contribution in [0.4, 0.5) is 0 Å². The summed E-state index contributed by atoms with van der Waals surface area (Å²) in [5.74, 6) is 5.79. The Morgan fingerprint density at radius 2 is 1.79 bits per heavy atom. The first-order valence-corrected chi connectivity index (χ1v) is 9.88. The second-order valence-corrected chi connectivity index (χ2v) is 8.35. The molecule has 0 amide bonds. The molecule has 0 aliphatic heterocycles. The number of halogens is 3. The average molecular weight is 666 g/mol. The second-order valence-electron chi connectivity index (χ2n) is 4.87. The lowest BCUT2D eigenvalue weighted by Gasteiger charge is -2.15. The van der Waals surface area contributed by atoms with Crippen LogP contribution >= 0.6 is 67.8 Å². The third-order valence-corrected chi connectivity index (χ3v) is 5.60. The van der Waals surface area contributed by atoms with Crippen molar-refractivity contribution >= 4 is 73.7 Å². The van der Waals surface area contributed by atoms with Crippen LogP contribution in [0.5, 0.6) is 17.2 Å². The Morgan fingerprint density at radius 3 is 2.29 bits per heavy atom. The molecule has 0 aromatic heterocycles. The van der Waals surface area contributed by atoms with Crippen LogP contribution in [0.25, 0.3) is 0 Å². The minimum absolute atomic E-state index is 0.205. The summed E-state index contributed by atoms with van der Waals surface area (Å²) < 4.78 is 8.34. The smallest absolute Gasteiger partial charge is 0.322 e. The van der Waals surface area contributed by atoms with Crippen molar-refractivity contribution in [2.45, 2.75) is 12.5 Å². The first-order chi connectivity index (χ1) is 11.3. The van der Waals surface area contributed by atoms with Gasteiger partial charge in [-0.25, -0.2) is 5.43 Å². The molecule has 128 valence electrons. The van der Waals surface area contributed by atoms with Gasteiger partial charge in [-0.15, -0.1) is 0 Å². The molecular weight excluding hydrogens is 653 g/mol. The van der Waals surface area contributed by atoms with Gasteiger partial charge in [-0.05, 0) is 110 Å². The zero-order chi connectivity index (χ0) is 17.9. The maximum atomic E-state index is 11.1. The maximum absolute atomic E-state index is 11.1. The fourth-order valence-electron chi connectivity index (χ4n) is 1.95. The number of nitrogens with one attached hydrogen (secondary N) is 1. The summed E-state index contributed by atoms with van der Waals surface area (Å²) in [6.07, 6.45) is 0.273. The number of carbonyl (C=O) groups is 1. The molecule has 0 saturated carbocycles. The van der Waals surface area contributed by atoms with E-state index in [0.717, 1.165) is 12.7 Å². The van der Waals surface area contributed by atoms with Crippen LogP contribution in [-0.2, 0) is 11.2 Å². The molecule has 2 aromatic rings. The van der Waals surface area contributed by atoms with E-state index in [1.165, 1.54) is 0 Å². The van der Waals surface area contributed by atoms with Crippen molar-refractivity contribution in [3.63, 3.8) is 0 Å². The van der Waals surface area contributed by atoms with Gasteiger partial charge in [-0.3, -0.25) is 10.6 Å². The van der Waals surface area contributed by atoms with Gasteiger partial charge in [0, 0.05) is 0 Å². The summed E-state index contributed by atoms with van der Waals surface area (Å²) in [4.78, 5) is 11.1. The number of hydrogen-bond donors (Lipinski definition) is 4. The van der Waals surface area contributed by atoms with Crippen molar-refractivity contribution in [3.05, 3.63) is 46.6 Å². The van der Waals surface area contributed by atoms with Crippen LogP contribution in [-0.4, -0.2) is 22.2 Å². The molecule has 2 rings (SSSR count). The van der Waals surface area contributed by atoms with Gasteiger partial charge in [-0.1, -0.05) is 0 Å². The van der Waals surface area contributed by atoms with Gasteiger partial charge in [0.05, 0.1) is 10.7 Å². The van der Waals surface area contributed by atoms with E-state index >= 15 is 0 Å². The van der Waals surface area contributed by atoms with Crippen molar-refractivity contribution in [2.75, 3.05) is 0 Å². The molecular formula is C15H13I3N2O4. The highest BCUT2D eigenvalue weighted by atomic mass is 127. The van der Waals surface area contributed by atoms with Crippen molar-refractivity contribution in [1.82, 2.24) is 5.43 Å². The number of aromatic hydroxyl groups is 1. The Kier molecular flexibility index (Phi) is 7.33. The van der Waals surface area contributed by atoms with Crippen LogP contribution in [0.1, 0.15) is 5.56 Å². The van der Waals surface area contributed by atoms with Gasteiger partial charge < -0.3 is 14.9 Å². The zero-order valence-electron chi connectivity index (χ0n) is 12.1. The summed E-state index contributed by atoms with van der Waals surface area (Å²) in [6, 6.07) is 7.91. The normalized spacial score (nSPS) is 12.0. The van der Waals surface area contributed by atoms with E-state index in [2.05, 4.69) is 50.6 Å². The number of hydrazine groups is 1.